The van der Waals surface area contributed by atoms with Gasteiger partial charge in [0.25, 0.3) is 5.91 Å². The fourth-order valence-electron chi connectivity index (χ4n) is 1.51. The molecule has 1 rings (SSSR count). The number of aryl methyl sites for hydroxylation is 1. The third-order valence-electron chi connectivity index (χ3n) is 2.77. The Hall–Kier alpha value is -1.92. The Morgan fingerprint density at radius 2 is 2.17 bits per heavy atom. The van der Waals surface area contributed by atoms with Crippen molar-refractivity contribution in [1.29, 1.82) is 0 Å². The van der Waals surface area contributed by atoms with E-state index in [2.05, 4.69) is 15.6 Å². The van der Waals surface area contributed by atoms with Crippen LogP contribution in [0.25, 0.3) is 0 Å². The Morgan fingerprint density at radius 3 is 2.61 bits per heavy atom. The number of aliphatic carboxylic acids is 1. The second-order valence-electron chi connectivity index (χ2n) is 4.15. The minimum atomic E-state index is -1.03. The molecule has 7 heteroatoms. The summed E-state index contributed by atoms with van der Waals surface area (Å²) >= 11 is 0. The molecule has 0 fully saturated rings. The Kier molecular flexibility index (Phi) is 4.82. The van der Waals surface area contributed by atoms with Gasteiger partial charge in [-0.2, -0.15) is 0 Å². The number of rotatable bonds is 6. The van der Waals surface area contributed by atoms with E-state index in [9.17, 15) is 9.59 Å². The van der Waals surface area contributed by atoms with Crippen LogP contribution in [-0.4, -0.2) is 38.0 Å². The van der Waals surface area contributed by atoms with Crippen molar-refractivity contribution in [2.75, 3.05) is 0 Å². The third kappa shape index (κ3) is 3.28. The summed E-state index contributed by atoms with van der Waals surface area (Å²) in [7, 11) is 1.67. The average Bonchev–Trinajstić information content (AvgIpc) is 2.65. The number of carboxylic acid groups (broad SMARTS) is 1. The fraction of sp³-hybridized carbons (Fsp3) is 0.636. The number of carbonyl (C=O) groups is 2. The Balaban J connectivity index is 2.72. The third-order valence-corrected chi connectivity index (χ3v) is 2.77. The zero-order chi connectivity index (χ0) is 13.7. The number of amides is 1. The summed E-state index contributed by atoms with van der Waals surface area (Å²) in [5.74, 6) is -1.53. The maximum Gasteiger partial charge on any atom is 0.326 e. The molecule has 0 aliphatic heterocycles. The highest BCUT2D eigenvalue weighted by molar-refractivity contribution is 5.95. The van der Waals surface area contributed by atoms with Gasteiger partial charge in [0.2, 0.25) is 0 Å². The van der Waals surface area contributed by atoms with Crippen LogP contribution in [0.2, 0.25) is 0 Å². The highest BCUT2D eigenvalue weighted by Gasteiger charge is 2.23. The number of hydrogen-bond acceptors (Lipinski definition) is 4. The second-order valence-corrected chi connectivity index (χ2v) is 4.15. The second kappa shape index (κ2) is 6.13. The molecular formula is C11H18N4O3. The van der Waals surface area contributed by atoms with Crippen LogP contribution in [-0.2, 0) is 11.8 Å². The molecule has 1 atom stereocenters. The largest absolute Gasteiger partial charge is 0.480 e. The Bertz CT molecular complexity index is 441. The predicted molar refractivity (Wildman–Crippen MR) is 64.2 cm³/mol. The summed E-state index contributed by atoms with van der Waals surface area (Å²) < 4.78 is 1.47. The minimum Gasteiger partial charge on any atom is -0.480 e. The number of nitrogens with zero attached hydrogens (tertiary/aromatic N) is 3. The van der Waals surface area contributed by atoms with E-state index in [1.807, 2.05) is 6.92 Å². The summed E-state index contributed by atoms with van der Waals surface area (Å²) in [6, 6.07) is -0.876. The van der Waals surface area contributed by atoms with E-state index in [1.165, 1.54) is 4.68 Å². The van der Waals surface area contributed by atoms with Gasteiger partial charge in [-0.3, -0.25) is 9.48 Å². The van der Waals surface area contributed by atoms with E-state index < -0.39 is 17.9 Å². The van der Waals surface area contributed by atoms with Crippen molar-refractivity contribution in [3.63, 3.8) is 0 Å². The maximum absolute atomic E-state index is 11.9. The molecular weight excluding hydrogens is 236 g/mol. The van der Waals surface area contributed by atoms with Gasteiger partial charge in [-0.05, 0) is 13.3 Å². The van der Waals surface area contributed by atoms with E-state index in [1.54, 1.807) is 14.0 Å². The lowest BCUT2D eigenvalue weighted by molar-refractivity contribution is -0.139. The van der Waals surface area contributed by atoms with Crippen LogP contribution in [0.15, 0.2) is 0 Å². The molecule has 1 amide bonds. The van der Waals surface area contributed by atoms with Crippen LogP contribution in [0.3, 0.4) is 0 Å². The molecule has 1 heterocycles. The molecule has 0 bridgehead atoms. The molecule has 0 saturated carbocycles. The lowest BCUT2D eigenvalue weighted by Gasteiger charge is -2.13. The van der Waals surface area contributed by atoms with Crippen LogP contribution < -0.4 is 5.32 Å². The first-order chi connectivity index (χ1) is 8.47. The number of aromatic nitrogens is 3. The van der Waals surface area contributed by atoms with Crippen LogP contribution >= 0.6 is 0 Å². The molecule has 0 radical (unpaired) electrons. The molecule has 100 valence electrons. The average molecular weight is 254 g/mol. The van der Waals surface area contributed by atoms with Gasteiger partial charge in [0.05, 0.1) is 5.69 Å². The van der Waals surface area contributed by atoms with Crippen LogP contribution in [0.4, 0.5) is 0 Å². The van der Waals surface area contributed by atoms with E-state index in [0.717, 1.165) is 12.8 Å². The molecule has 1 aromatic rings. The van der Waals surface area contributed by atoms with Crippen molar-refractivity contribution in [1.82, 2.24) is 20.3 Å². The fourth-order valence-corrected chi connectivity index (χ4v) is 1.51. The van der Waals surface area contributed by atoms with Crippen molar-refractivity contribution in [3.8, 4) is 0 Å². The maximum atomic E-state index is 11.9. The summed E-state index contributed by atoms with van der Waals surface area (Å²) in [5, 5.41) is 18.9. The number of nitrogens with one attached hydrogen (secondary N) is 1. The normalized spacial score (nSPS) is 12.2. The molecule has 1 aromatic heterocycles. The van der Waals surface area contributed by atoms with Crippen molar-refractivity contribution in [3.05, 3.63) is 11.4 Å². The zero-order valence-corrected chi connectivity index (χ0v) is 10.8. The highest BCUT2D eigenvalue weighted by atomic mass is 16.4. The molecule has 0 aliphatic rings. The predicted octanol–water partition coefficient (Wildman–Crippen LogP) is 0.497. The summed E-state index contributed by atoms with van der Waals surface area (Å²) in [5.41, 5.74) is 0.771. The summed E-state index contributed by atoms with van der Waals surface area (Å²) in [6.07, 6.45) is 2.04. The topological polar surface area (TPSA) is 97.1 Å². The molecule has 0 saturated heterocycles. The molecule has 7 nitrogen and oxygen atoms in total. The SMILES string of the molecule is CCCC[C@H](NC(=O)c1nnn(C)c1C)C(=O)O. The van der Waals surface area contributed by atoms with Crippen molar-refractivity contribution in [2.24, 2.45) is 7.05 Å². The van der Waals surface area contributed by atoms with Gasteiger partial charge >= 0.3 is 5.97 Å². The van der Waals surface area contributed by atoms with Gasteiger partial charge in [0.15, 0.2) is 5.69 Å². The first kappa shape index (κ1) is 14.1. The number of unbranched alkanes of at least 4 members (excludes halogenated alkanes) is 1. The van der Waals surface area contributed by atoms with Crippen molar-refractivity contribution < 1.29 is 14.7 Å². The lowest BCUT2D eigenvalue weighted by atomic mass is 10.1. The summed E-state index contributed by atoms with van der Waals surface area (Å²) in [4.78, 5) is 22.9. The van der Waals surface area contributed by atoms with Gasteiger partial charge in [-0.1, -0.05) is 25.0 Å². The molecule has 0 aromatic carbocycles. The Labute approximate surface area is 105 Å². The molecule has 2 N–H and O–H groups in total. The monoisotopic (exact) mass is 254 g/mol. The van der Waals surface area contributed by atoms with E-state index >= 15 is 0 Å². The smallest absolute Gasteiger partial charge is 0.326 e. The number of carbonyl (C=O) groups excluding carboxylic acids is 1. The minimum absolute atomic E-state index is 0.167. The van der Waals surface area contributed by atoms with Crippen molar-refractivity contribution in [2.45, 2.75) is 39.2 Å². The number of hydrogen-bond donors (Lipinski definition) is 2. The first-order valence-corrected chi connectivity index (χ1v) is 5.87. The van der Waals surface area contributed by atoms with Crippen LogP contribution in [0.1, 0.15) is 42.4 Å². The van der Waals surface area contributed by atoms with E-state index in [-0.39, 0.29) is 5.69 Å². The number of carboxylic acids is 1. The quantitative estimate of drug-likeness (QED) is 0.770. The van der Waals surface area contributed by atoms with Crippen LogP contribution in [0.5, 0.6) is 0 Å². The highest BCUT2D eigenvalue weighted by Crippen LogP contribution is 2.05. The van der Waals surface area contributed by atoms with Crippen molar-refractivity contribution >= 4 is 11.9 Å². The van der Waals surface area contributed by atoms with Gasteiger partial charge < -0.3 is 10.4 Å². The lowest BCUT2D eigenvalue weighted by Crippen LogP contribution is -2.41. The van der Waals surface area contributed by atoms with E-state index in [4.69, 9.17) is 5.11 Å². The van der Waals surface area contributed by atoms with Gasteiger partial charge in [-0.15, -0.1) is 5.10 Å². The summed E-state index contributed by atoms with van der Waals surface area (Å²) in [6.45, 7) is 3.67. The van der Waals surface area contributed by atoms with Gasteiger partial charge in [-0.25, -0.2) is 4.79 Å². The molecule has 0 spiro atoms. The standard InChI is InChI=1S/C11H18N4O3/c1-4-5-6-8(11(17)18)12-10(16)9-7(2)15(3)14-13-9/h8H,4-6H2,1-3H3,(H,12,16)(H,17,18)/t8-/m0/s1. The van der Waals surface area contributed by atoms with Crippen LogP contribution in [0, 0.1) is 6.92 Å². The first-order valence-electron chi connectivity index (χ1n) is 5.87. The molecule has 0 aliphatic carbocycles. The van der Waals surface area contributed by atoms with E-state index in [0.29, 0.717) is 12.1 Å². The van der Waals surface area contributed by atoms with Gasteiger partial charge in [0, 0.05) is 7.05 Å². The zero-order valence-electron chi connectivity index (χ0n) is 10.8. The molecule has 0 unspecified atom stereocenters. The Morgan fingerprint density at radius 1 is 1.50 bits per heavy atom. The molecule has 18 heavy (non-hydrogen) atoms. The van der Waals surface area contributed by atoms with Gasteiger partial charge in [0.1, 0.15) is 6.04 Å².